The second-order valence-corrected chi connectivity index (χ2v) is 9.24. The smallest absolute Gasteiger partial charge is 0.262 e. The normalized spacial score (nSPS) is 12.2. The lowest BCUT2D eigenvalue weighted by Crippen LogP contribution is -2.26. The maximum atomic E-state index is 12.7. The molecule has 0 saturated heterocycles. The van der Waals surface area contributed by atoms with E-state index in [0.29, 0.717) is 5.75 Å². The highest BCUT2D eigenvalue weighted by molar-refractivity contribution is 7.89. The van der Waals surface area contributed by atoms with Crippen LogP contribution in [0.4, 0.5) is 5.69 Å². The molecule has 0 spiro atoms. The molecule has 0 radical (unpaired) electrons. The SMILES string of the molecule is CCc1cccc(C)c1NC(=O)COc1ccc(S(=O)(=O)NC(C)c2ccccc2)cc1. The number of rotatable bonds is 9. The number of amides is 1. The first kappa shape index (κ1) is 23.5. The zero-order valence-corrected chi connectivity index (χ0v) is 19.3. The summed E-state index contributed by atoms with van der Waals surface area (Å²) in [6, 6.07) is 20.9. The summed E-state index contributed by atoms with van der Waals surface area (Å²) in [7, 11) is -3.69. The highest BCUT2D eigenvalue weighted by Gasteiger charge is 2.18. The molecule has 32 heavy (non-hydrogen) atoms. The topological polar surface area (TPSA) is 84.5 Å². The van der Waals surface area contributed by atoms with Gasteiger partial charge in [0.2, 0.25) is 10.0 Å². The Hall–Kier alpha value is -3.16. The van der Waals surface area contributed by atoms with Gasteiger partial charge in [-0.1, -0.05) is 55.5 Å². The number of hydrogen-bond acceptors (Lipinski definition) is 4. The van der Waals surface area contributed by atoms with Crippen molar-refractivity contribution in [3.63, 3.8) is 0 Å². The van der Waals surface area contributed by atoms with Gasteiger partial charge in [-0.15, -0.1) is 0 Å². The first-order valence-corrected chi connectivity index (χ1v) is 12.0. The molecular weight excluding hydrogens is 424 g/mol. The maximum absolute atomic E-state index is 12.7. The van der Waals surface area contributed by atoms with Crippen molar-refractivity contribution in [2.75, 3.05) is 11.9 Å². The first-order chi connectivity index (χ1) is 15.3. The molecule has 6 nitrogen and oxygen atoms in total. The van der Waals surface area contributed by atoms with Crippen molar-refractivity contribution < 1.29 is 17.9 Å². The minimum Gasteiger partial charge on any atom is -0.484 e. The van der Waals surface area contributed by atoms with Gasteiger partial charge < -0.3 is 10.1 Å². The number of sulfonamides is 1. The van der Waals surface area contributed by atoms with Gasteiger partial charge in [-0.2, -0.15) is 0 Å². The average Bonchev–Trinajstić information content (AvgIpc) is 2.79. The molecule has 0 heterocycles. The molecule has 0 bridgehead atoms. The van der Waals surface area contributed by atoms with Gasteiger partial charge in [0.25, 0.3) is 5.91 Å². The van der Waals surface area contributed by atoms with Gasteiger partial charge >= 0.3 is 0 Å². The van der Waals surface area contributed by atoms with Crippen molar-refractivity contribution in [3.05, 3.63) is 89.5 Å². The number of aryl methyl sites for hydroxylation is 2. The van der Waals surface area contributed by atoms with Crippen molar-refractivity contribution in [1.29, 1.82) is 0 Å². The van der Waals surface area contributed by atoms with Crippen LogP contribution in [0.1, 0.15) is 36.6 Å². The Labute approximate surface area is 189 Å². The van der Waals surface area contributed by atoms with Crippen molar-refractivity contribution >= 4 is 21.6 Å². The summed E-state index contributed by atoms with van der Waals surface area (Å²) in [5.74, 6) is 0.139. The number of benzene rings is 3. The third-order valence-corrected chi connectivity index (χ3v) is 6.70. The summed E-state index contributed by atoms with van der Waals surface area (Å²) in [5, 5.41) is 2.90. The maximum Gasteiger partial charge on any atom is 0.262 e. The molecule has 0 aliphatic rings. The molecule has 3 aromatic carbocycles. The quantitative estimate of drug-likeness (QED) is 0.496. The zero-order chi connectivity index (χ0) is 23.1. The Morgan fingerprint density at radius 1 is 0.969 bits per heavy atom. The Balaban J connectivity index is 1.59. The molecule has 0 saturated carbocycles. The van der Waals surface area contributed by atoms with Gasteiger partial charge in [0.05, 0.1) is 4.90 Å². The number of nitrogens with one attached hydrogen (secondary N) is 2. The van der Waals surface area contributed by atoms with Crippen LogP contribution < -0.4 is 14.8 Å². The molecule has 3 rings (SSSR count). The Morgan fingerprint density at radius 2 is 1.66 bits per heavy atom. The van der Waals surface area contributed by atoms with E-state index < -0.39 is 10.0 Å². The number of carbonyl (C=O) groups excluding carboxylic acids is 1. The molecule has 1 unspecified atom stereocenters. The lowest BCUT2D eigenvalue weighted by Gasteiger charge is -2.15. The van der Waals surface area contributed by atoms with Gasteiger partial charge in [0, 0.05) is 11.7 Å². The Morgan fingerprint density at radius 3 is 2.31 bits per heavy atom. The van der Waals surface area contributed by atoms with Crippen molar-refractivity contribution in [1.82, 2.24) is 4.72 Å². The summed E-state index contributed by atoms with van der Waals surface area (Å²) in [6.45, 7) is 5.60. The van der Waals surface area contributed by atoms with Crippen molar-refractivity contribution in [3.8, 4) is 5.75 Å². The lowest BCUT2D eigenvalue weighted by atomic mass is 10.1. The van der Waals surface area contributed by atoms with Crippen LogP contribution in [0.15, 0.2) is 77.7 Å². The van der Waals surface area contributed by atoms with E-state index in [4.69, 9.17) is 4.74 Å². The fourth-order valence-electron chi connectivity index (χ4n) is 3.35. The van der Waals surface area contributed by atoms with Crippen LogP contribution in [-0.4, -0.2) is 20.9 Å². The second kappa shape index (κ2) is 10.4. The lowest BCUT2D eigenvalue weighted by molar-refractivity contribution is -0.118. The fourth-order valence-corrected chi connectivity index (χ4v) is 4.58. The molecule has 2 N–H and O–H groups in total. The monoisotopic (exact) mass is 452 g/mol. The molecule has 168 valence electrons. The Kier molecular flexibility index (Phi) is 7.66. The van der Waals surface area contributed by atoms with Crippen LogP contribution in [0, 0.1) is 6.92 Å². The third kappa shape index (κ3) is 5.96. The molecule has 1 amide bonds. The van der Waals surface area contributed by atoms with Crippen LogP contribution >= 0.6 is 0 Å². The van der Waals surface area contributed by atoms with Gasteiger partial charge in [-0.3, -0.25) is 4.79 Å². The molecule has 0 fully saturated rings. The van der Waals surface area contributed by atoms with E-state index in [2.05, 4.69) is 10.0 Å². The highest BCUT2D eigenvalue weighted by atomic mass is 32.2. The molecule has 0 aliphatic heterocycles. The fraction of sp³-hybridized carbons (Fsp3) is 0.240. The van der Waals surface area contributed by atoms with Gasteiger partial charge in [-0.25, -0.2) is 13.1 Å². The van der Waals surface area contributed by atoms with Gasteiger partial charge in [0.1, 0.15) is 5.75 Å². The average molecular weight is 453 g/mol. The van der Waals surface area contributed by atoms with E-state index in [1.165, 1.54) is 12.1 Å². The third-order valence-electron chi connectivity index (χ3n) is 5.14. The highest BCUT2D eigenvalue weighted by Crippen LogP contribution is 2.22. The molecular formula is C25H28N2O4S. The van der Waals surface area contributed by atoms with Crippen LogP contribution in [0.25, 0.3) is 0 Å². The zero-order valence-electron chi connectivity index (χ0n) is 18.5. The van der Waals surface area contributed by atoms with E-state index in [9.17, 15) is 13.2 Å². The summed E-state index contributed by atoms with van der Waals surface area (Å²) < 4.78 is 33.6. The van der Waals surface area contributed by atoms with Crippen LogP contribution in [0.2, 0.25) is 0 Å². The van der Waals surface area contributed by atoms with Crippen molar-refractivity contribution in [2.45, 2.75) is 38.1 Å². The molecule has 7 heteroatoms. The minimum atomic E-state index is -3.69. The number of para-hydroxylation sites is 1. The van der Waals surface area contributed by atoms with E-state index in [1.807, 2.05) is 62.4 Å². The molecule has 0 aromatic heterocycles. The first-order valence-electron chi connectivity index (χ1n) is 10.5. The Bertz CT molecular complexity index is 1160. The number of hydrogen-bond donors (Lipinski definition) is 2. The molecule has 0 aliphatic carbocycles. The minimum absolute atomic E-state index is 0.129. The summed E-state index contributed by atoms with van der Waals surface area (Å²) in [4.78, 5) is 12.5. The standard InChI is InChI=1S/C25H28N2O4S/c1-4-20-12-8-9-18(2)25(20)26-24(28)17-31-22-13-15-23(16-14-22)32(29,30)27-19(3)21-10-6-5-7-11-21/h5-16,19,27H,4,17H2,1-3H3,(H,26,28). The summed E-state index contributed by atoms with van der Waals surface area (Å²) in [6.07, 6.45) is 0.811. The number of carbonyl (C=O) groups is 1. The number of ether oxygens (including phenoxy) is 1. The van der Waals surface area contributed by atoms with E-state index in [0.717, 1.165) is 28.8 Å². The predicted octanol–water partition coefficient (Wildman–Crippen LogP) is 4.61. The van der Waals surface area contributed by atoms with Crippen LogP contribution in [0.3, 0.4) is 0 Å². The van der Waals surface area contributed by atoms with Crippen molar-refractivity contribution in [2.24, 2.45) is 0 Å². The van der Waals surface area contributed by atoms with E-state index >= 15 is 0 Å². The number of anilines is 1. The van der Waals surface area contributed by atoms with E-state index in [1.54, 1.807) is 19.1 Å². The van der Waals surface area contributed by atoms with Crippen LogP contribution in [0.5, 0.6) is 5.75 Å². The predicted molar refractivity (Wildman–Crippen MR) is 126 cm³/mol. The largest absolute Gasteiger partial charge is 0.484 e. The van der Waals surface area contributed by atoms with E-state index in [-0.39, 0.29) is 23.5 Å². The second-order valence-electron chi connectivity index (χ2n) is 7.52. The van der Waals surface area contributed by atoms with Gasteiger partial charge in [-0.05, 0) is 61.2 Å². The summed E-state index contributed by atoms with van der Waals surface area (Å²) in [5.41, 5.74) is 3.74. The molecule has 3 aromatic rings. The van der Waals surface area contributed by atoms with Crippen LogP contribution in [-0.2, 0) is 21.2 Å². The summed E-state index contributed by atoms with van der Waals surface area (Å²) >= 11 is 0. The molecule has 1 atom stereocenters. The van der Waals surface area contributed by atoms with Gasteiger partial charge in [0.15, 0.2) is 6.61 Å².